The molecule has 0 bridgehead atoms. The van der Waals surface area contributed by atoms with Crippen LogP contribution in [-0.2, 0) is 19.1 Å². The second kappa shape index (κ2) is 24.2. The van der Waals surface area contributed by atoms with E-state index in [2.05, 4.69) is 71.9 Å². The maximum Gasteiger partial charge on any atom is 0.330 e. The maximum atomic E-state index is 12.5. The molecule has 4 aromatic rings. The molecule has 0 saturated carbocycles. The SMILES string of the molecule is C[C@@H](N[Si](C)(C)C)c1ccccc1.S.[2H]/C(C(=O)OCC)=C(/[2H])c1c([2H])c([2H])c([2H])c([2H])c1[2H].[2H]c1c([2H])c([2H])c([C@@]([2H])(NC(C)c2ccccc2)C([2H])([2H])C(=O)OCC)c([2H])c1[2H]. The number of nitrogens with one attached hydrogen (secondary N) is 2. The van der Waals surface area contributed by atoms with Crippen LogP contribution >= 0.6 is 13.5 Å². The van der Waals surface area contributed by atoms with Gasteiger partial charge in [-0.15, -0.1) is 0 Å². The van der Waals surface area contributed by atoms with Crippen molar-refractivity contribution in [3.63, 3.8) is 0 Å². The average molecular weight is 716 g/mol. The van der Waals surface area contributed by atoms with Crippen molar-refractivity contribution in [3.8, 4) is 0 Å². The quantitative estimate of drug-likeness (QED) is 0.0816. The van der Waals surface area contributed by atoms with E-state index in [-0.39, 0.29) is 26.7 Å². The first-order valence-electron chi connectivity index (χ1n) is 22.9. The van der Waals surface area contributed by atoms with E-state index in [4.69, 9.17) is 25.3 Å². The lowest BCUT2D eigenvalue weighted by Gasteiger charge is -2.24. The van der Waals surface area contributed by atoms with Gasteiger partial charge in [0.25, 0.3) is 0 Å². The van der Waals surface area contributed by atoms with Gasteiger partial charge in [-0.05, 0) is 56.0 Å². The number of ether oxygens (including phenoxy) is 2. The molecule has 8 heteroatoms. The lowest BCUT2D eigenvalue weighted by atomic mass is 10.0. The maximum absolute atomic E-state index is 12.5. The highest BCUT2D eigenvalue weighted by Crippen LogP contribution is 2.23. The van der Waals surface area contributed by atoms with Crippen LogP contribution in [0.4, 0.5) is 0 Å². The lowest BCUT2D eigenvalue weighted by molar-refractivity contribution is -0.143. The number of rotatable bonds is 13. The Morgan fingerprint density at radius 2 is 1.29 bits per heavy atom. The minimum absolute atomic E-state index is 0. The Morgan fingerprint density at radius 3 is 1.78 bits per heavy atom. The topological polar surface area (TPSA) is 76.7 Å². The van der Waals surface area contributed by atoms with Crippen molar-refractivity contribution in [1.82, 2.24) is 10.3 Å². The van der Waals surface area contributed by atoms with Crippen LogP contribution in [0.5, 0.6) is 0 Å². The monoisotopic (exact) mass is 715 g/mol. The van der Waals surface area contributed by atoms with Crippen LogP contribution in [0.25, 0.3) is 6.05 Å². The molecule has 0 spiro atoms. The largest absolute Gasteiger partial charge is 0.466 e. The molecule has 49 heavy (non-hydrogen) atoms. The summed E-state index contributed by atoms with van der Waals surface area (Å²) < 4.78 is 128. The third-order valence-electron chi connectivity index (χ3n) is 5.93. The van der Waals surface area contributed by atoms with Crippen LogP contribution in [0.3, 0.4) is 0 Å². The number of esters is 2. The summed E-state index contributed by atoms with van der Waals surface area (Å²) in [7, 11) is -1.15. The minimum Gasteiger partial charge on any atom is -0.466 e. The zero-order chi connectivity index (χ0) is 48.4. The van der Waals surface area contributed by atoms with Crippen molar-refractivity contribution >= 4 is 39.7 Å². The molecular formula is C41H56N2O4SSi. The van der Waals surface area contributed by atoms with Gasteiger partial charge >= 0.3 is 11.9 Å². The van der Waals surface area contributed by atoms with E-state index >= 15 is 0 Å². The van der Waals surface area contributed by atoms with Crippen LogP contribution in [-0.4, -0.2) is 33.4 Å². The summed E-state index contributed by atoms with van der Waals surface area (Å²) in [5.74, 6) is -2.45. The fourth-order valence-corrected chi connectivity index (χ4v) is 5.39. The van der Waals surface area contributed by atoms with Crippen LogP contribution in [0, 0.1) is 0 Å². The number of hydrogen-bond donors (Lipinski definition) is 2. The molecule has 4 rings (SSSR count). The van der Waals surface area contributed by atoms with Crippen molar-refractivity contribution in [2.24, 2.45) is 0 Å². The molecule has 0 radical (unpaired) electrons. The Morgan fingerprint density at radius 1 is 0.796 bits per heavy atom. The van der Waals surface area contributed by atoms with Gasteiger partial charge in [-0.3, -0.25) is 4.79 Å². The fraction of sp³-hybridized carbons (Fsp3) is 0.317. The summed E-state index contributed by atoms with van der Waals surface area (Å²) in [6.07, 6.45) is -3.08. The van der Waals surface area contributed by atoms with E-state index < -0.39 is 122 Å². The summed E-state index contributed by atoms with van der Waals surface area (Å²) >= 11 is 0. The Bertz CT molecular complexity index is 2210. The molecular weight excluding hydrogens is 645 g/mol. The van der Waals surface area contributed by atoms with E-state index in [0.29, 0.717) is 11.6 Å². The van der Waals surface area contributed by atoms with Crippen LogP contribution in [0.1, 0.15) is 95.0 Å². The molecule has 0 fully saturated rings. The van der Waals surface area contributed by atoms with Crippen LogP contribution in [0.2, 0.25) is 19.6 Å². The highest BCUT2D eigenvalue weighted by atomic mass is 32.1. The van der Waals surface area contributed by atoms with Gasteiger partial charge in [0.05, 0.1) is 37.4 Å². The summed E-state index contributed by atoms with van der Waals surface area (Å²) in [6.45, 7) is 13.7. The average Bonchev–Trinajstić information content (AvgIpc) is 3.23. The molecule has 2 N–H and O–H groups in total. The predicted molar refractivity (Wildman–Crippen MR) is 212 cm³/mol. The first-order chi connectivity index (χ1) is 29.1. The first kappa shape index (κ1) is 24.2. The van der Waals surface area contributed by atoms with Crippen molar-refractivity contribution in [2.45, 2.75) is 71.8 Å². The molecule has 1 unspecified atom stereocenters. The third-order valence-corrected chi connectivity index (χ3v) is 7.23. The highest BCUT2D eigenvalue weighted by Gasteiger charge is 2.19. The Hall–Kier alpha value is -3.95. The van der Waals surface area contributed by atoms with E-state index in [1.807, 2.05) is 0 Å². The Kier molecular flexibility index (Phi) is 12.0. The highest BCUT2D eigenvalue weighted by molar-refractivity contribution is 7.59. The van der Waals surface area contributed by atoms with E-state index in [9.17, 15) is 9.59 Å². The molecule has 4 aromatic carbocycles. The third kappa shape index (κ3) is 19.0. The molecule has 0 aliphatic heterocycles. The molecule has 3 atom stereocenters. The molecule has 0 aromatic heterocycles. The summed E-state index contributed by atoms with van der Waals surface area (Å²) in [5.41, 5.74) is 0.870. The van der Waals surface area contributed by atoms with E-state index in [1.165, 1.54) is 19.4 Å². The molecule has 6 nitrogen and oxygen atoms in total. The van der Waals surface area contributed by atoms with Crippen molar-refractivity contribution in [2.75, 3.05) is 13.2 Å². The van der Waals surface area contributed by atoms with Gasteiger partial charge < -0.3 is 19.8 Å². The molecule has 0 heterocycles. The molecule has 0 amide bonds. The van der Waals surface area contributed by atoms with Gasteiger partial charge in [-0.25, -0.2) is 4.79 Å². The number of benzene rings is 4. The molecule has 264 valence electrons. The number of carbonyl (C=O) groups is 2. The van der Waals surface area contributed by atoms with E-state index in [0.717, 1.165) is 0 Å². The number of hydrogen-bond acceptors (Lipinski definition) is 6. The minimum atomic E-state index is -3.08. The smallest absolute Gasteiger partial charge is 0.330 e. The van der Waals surface area contributed by atoms with Crippen molar-refractivity contribution in [3.05, 3.63) is 149 Å². The fourth-order valence-electron chi connectivity index (χ4n) is 3.92. The summed E-state index contributed by atoms with van der Waals surface area (Å²) in [6, 6.07) is 7.95. The second-order valence-corrected chi connectivity index (χ2v) is 15.8. The van der Waals surface area contributed by atoms with Gasteiger partial charge in [0.15, 0.2) is 0 Å². The van der Waals surface area contributed by atoms with Crippen LogP contribution in [0.15, 0.2) is 127 Å². The van der Waals surface area contributed by atoms with E-state index in [1.54, 1.807) is 37.3 Å². The summed E-state index contributed by atoms with van der Waals surface area (Å²) in [5, 5.41) is 2.68. The van der Waals surface area contributed by atoms with Crippen LogP contribution < -0.4 is 10.3 Å². The number of carbonyl (C=O) groups excluding carboxylic acids is 2. The van der Waals surface area contributed by atoms with Gasteiger partial charge in [0.1, 0.15) is 8.24 Å². The molecule has 0 aliphatic rings. The second-order valence-electron chi connectivity index (χ2n) is 11.0. The molecule has 0 aliphatic carbocycles. The van der Waals surface area contributed by atoms with Crippen molar-refractivity contribution in [1.29, 1.82) is 0 Å². The lowest BCUT2D eigenvalue weighted by Crippen LogP contribution is -2.42. The van der Waals surface area contributed by atoms with Gasteiger partial charge in [-0.2, -0.15) is 13.5 Å². The predicted octanol–water partition coefficient (Wildman–Crippen LogP) is 9.58. The van der Waals surface area contributed by atoms with Gasteiger partial charge in [-0.1, -0.05) is 141 Å². The van der Waals surface area contributed by atoms with Gasteiger partial charge in [0, 0.05) is 26.9 Å². The molecule has 0 saturated heterocycles. The normalized spacial score (nSPS) is 18.1. The summed E-state index contributed by atoms with van der Waals surface area (Å²) in [4.78, 5) is 27.5. The first-order valence-corrected chi connectivity index (χ1v) is 18.9. The Balaban J connectivity index is 0.000000519. The van der Waals surface area contributed by atoms with Gasteiger partial charge in [0.2, 0.25) is 0 Å². The zero-order valence-electron chi connectivity index (χ0n) is 44.0. The zero-order valence-corrected chi connectivity index (χ0v) is 31.0. The van der Waals surface area contributed by atoms with Crippen molar-refractivity contribution < 1.29 is 39.6 Å². The Labute approximate surface area is 324 Å². The standard InChI is InChI=1S/C19H23NO2.C11H19NSi.C11H12O2.H2S/c1-3-22-19(21)14-18(17-12-8-5-9-13-17)20-15(2)16-10-6-4-7-11-16;1-10(12-13(2,3)4)11-8-6-5-7-9-11;1-2-13-11(12)9-8-10-6-4-3-5-7-10;/h4-13,15,18,20H,3,14H2,1-2H3;5-10,12H,1-4H3;3-9H,2H2,1H3;1H2/b;;9-8+;/t15?,18-;10-;;/m01../s1/i5D,8D,9D,12D,13D,14D2,18D;;3D,4D,5D,6D,7D,8D,9D;.